The number of benzene rings is 1. The van der Waals surface area contributed by atoms with Crippen LogP contribution in [0.15, 0.2) is 23.2 Å². The molecule has 0 saturated carbocycles. The molecule has 1 aromatic rings. The summed E-state index contributed by atoms with van der Waals surface area (Å²) in [5.41, 5.74) is 0.254. The molecule has 1 rings (SSSR count). The number of carbonyl (C=O) groups is 1. The van der Waals surface area contributed by atoms with E-state index >= 15 is 0 Å². The number of isocyanates is 1. The number of nitro groups is 1. The number of hydrogen-bond donors (Lipinski definition) is 0. The molecule has 0 aliphatic carbocycles. The van der Waals surface area contributed by atoms with Crippen molar-refractivity contribution in [2.24, 2.45) is 4.99 Å². The number of nitrogens with zero attached hydrogens (tertiary/aromatic N) is 2. The Morgan fingerprint density at radius 1 is 1.53 bits per heavy atom. The lowest BCUT2D eigenvalue weighted by atomic mass is 10.1. The van der Waals surface area contributed by atoms with E-state index in [0.717, 1.165) is 12.1 Å². The Kier molecular flexibility index (Phi) is 3.05. The van der Waals surface area contributed by atoms with E-state index < -0.39 is 10.8 Å². The highest BCUT2D eigenvalue weighted by Crippen LogP contribution is 2.19. The molecule has 0 aliphatic rings. The Balaban J connectivity index is 3.24. The van der Waals surface area contributed by atoms with Gasteiger partial charge >= 0.3 is 0 Å². The lowest BCUT2D eigenvalue weighted by Crippen LogP contribution is -1.98. The van der Waals surface area contributed by atoms with E-state index in [4.69, 9.17) is 0 Å². The fraction of sp³-hybridized carbons (Fsp3) is 0.111. The minimum atomic E-state index is -0.840. The summed E-state index contributed by atoms with van der Waals surface area (Å²) < 4.78 is 0. The molecule has 0 bridgehead atoms. The fourth-order valence-electron chi connectivity index (χ4n) is 1.05. The Labute approximate surface area is 84.4 Å². The molecule has 15 heavy (non-hydrogen) atoms. The van der Waals surface area contributed by atoms with Crippen molar-refractivity contribution in [1.82, 2.24) is 0 Å². The maximum atomic E-state index is 11.1. The van der Waals surface area contributed by atoms with Crippen molar-refractivity contribution < 1.29 is 14.5 Å². The van der Waals surface area contributed by atoms with Gasteiger partial charge in [-0.1, -0.05) is 6.07 Å². The molecule has 0 aliphatic heterocycles. The van der Waals surface area contributed by atoms with Crippen LogP contribution in [-0.2, 0) is 4.79 Å². The zero-order valence-electron chi connectivity index (χ0n) is 7.76. The number of nitro benzene ring substituents is 1. The average molecular weight is 206 g/mol. The summed E-state index contributed by atoms with van der Waals surface area (Å²) >= 11 is 0. The number of hydrogen-bond acceptors (Lipinski definition) is 4. The van der Waals surface area contributed by atoms with E-state index in [1.807, 2.05) is 0 Å². The molecule has 76 valence electrons. The third kappa shape index (κ3) is 2.32. The van der Waals surface area contributed by atoms with Crippen LogP contribution in [-0.4, -0.2) is 16.9 Å². The van der Waals surface area contributed by atoms with Crippen molar-refractivity contribution in [2.45, 2.75) is 6.92 Å². The predicted octanol–water partition coefficient (Wildman–Crippen LogP) is 1.38. The van der Waals surface area contributed by atoms with E-state index in [2.05, 4.69) is 4.99 Å². The topological polar surface area (TPSA) is 89.6 Å². The molecule has 0 radical (unpaired) electrons. The summed E-state index contributed by atoms with van der Waals surface area (Å²) in [5, 5.41) is 10.5. The molecule has 6 heteroatoms. The van der Waals surface area contributed by atoms with Gasteiger partial charge in [0, 0.05) is 17.2 Å². The molecule has 1 amide bonds. The Bertz CT molecular complexity index is 475. The van der Waals surface area contributed by atoms with Crippen LogP contribution in [0.5, 0.6) is 0 Å². The van der Waals surface area contributed by atoms with Crippen LogP contribution in [0.1, 0.15) is 15.9 Å². The minimum absolute atomic E-state index is 0.00403. The van der Waals surface area contributed by atoms with Gasteiger partial charge in [-0.3, -0.25) is 14.9 Å². The number of amides is 1. The number of aryl methyl sites for hydroxylation is 1. The smallest absolute Gasteiger partial charge is 0.266 e. The van der Waals surface area contributed by atoms with Crippen molar-refractivity contribution >= 4 is 17.7 Å². The van der Waals surface area contributed by atoms with Crippen molar-refractivity contribution in [3.05, 3.63) is 39.4 Å². The lowest BCUT2D eigenvalue weighted by molar-refractivity contribution is -0.385. The van der Waals surface area contributed by atoms with Gasteiger partial charge in [0.15, 0.2) is 0 Å². The largest absolute Gasteiger partial charge is 0.287 e. The Hall–Kier alpha value is -2.33. The van der Waals surface area contributed by atoms with E-state index in [1.54, 1.807) is 6.92 Å². The monoisotopic (exact) mass is 206 g/mol. The molecule has 1 aromatic carbocycles. The maximum absolute atomic E-state index is 11.1. The van der Waals surface area contributed by atoms with Crippen LogP contribution in [0.25, 0.3) is 0 Å². The zero-order chi connectivity index (χ0) is 11.4. The Morgan fingerprint density at radius 2 is 2.20 bits per heavy atom. The molecule has 0 N–H and O–H groups in total. The summed E-state index contributed by atoms with van der Waals surface area (Å²) in [6.07, 6.45) is 1.08. The number of rotatable bonds is 2. The normalized spacial score (nSPS) is 9.13. The molecule has 0 unspecified atom stereocenters. The third-order valence-corrected chi connectivity index (χ3v) is 1.80. The van der Waals surface area contributed by atoms with Crippen molar-refractivity contribution in [3.63, 3.8) is 0 Å². The van der Waals surface area contributed by atoms with Crippen LogP contribution in [0, 0.1) is 17.0 Å². The van der Waals surface area contributed by atoms with Gasteiger partial charge in [-0.05, 0) is 13.0 Å². The highest BCUT2D eigenvalue weighted by atomic mass is 16.6. The van der Waals surface area contributed by atoms with Crippen LogP contribution < -0.4 is 0 Å². The van der Waals surface area contributed by atoms with Gasteiger partial charge in [0.1, 0.15) is 0 Å². The zero-order valence-corrected chi connectivity index (χ0v) is 7.76. The summed E-state index contributed by atoms with van der Waals surface area (Å²) in [6.45, 7) is 1.55. The van der Waals surface area contributed by atoms with Gasteiger partial charge in [0.25, 0.3) is 11.6 Å². The highest BCUT2D eigenvalue weighted by Gasteiger charge is 2.14. The molecule has 0 spiro atoms. The van der Waals surface area contributed by atoms with E-state index in [0.29, 0.717) is 5.56 Å². The van der Waals surface area contributed by atoms with Crippen LogP contribution in [0.2, 0.25) is 0 Å². The molecule has 0 atom stereocenters. The highest BCUT2D eigenvalue weighted by molar-refractivity contribution is 5.98. The molecule has 0 heterocycles. The summed E-state index contributed by atoms with van der Waals surface area (Å²) in [4.78, 5) is 33.7. The molecular formula is C9H6N2O4. The second-order valence-electron chi connectivity index (χ2n) is 2.77. The van der Waals surface area contributed by atoms with Gasteiger partial charge in [-0.15, -0.1) is 4.99 Å². The first-order valence-corrected chi connectivity index (χ1v) is 3.93. The molecular weight excluding hydrogens is 200 g/mol. The lowest BCUT2D eigenvalue weighted by Gasteiger charge is -1.98. The minimum Gasteiger partial charge on any atom is -0.266 e. The van der Waals surface area contributed by atoms with Gasteiger partial charge < -0.3 is 0 Å². The van der Waals surface area contributed by atoms with E-state index in [-0.39, 0.29) is 11.3 Å². The van der Waals surface area contributed by atoms with Crippen molar-refractivity contribution in [1.29, 1.82) is 0 Å². The first-order chi connectivity index (χ1) is 7.06. The van der Waals surface area contributed by atoms with Crippen molar-refractivity contribution in [2.75, 3.05) is 0 Å². The van der Waals surface area contributed by atoms with Gasteiger partial charge in [-0.2, -0.15) is 0 Å². The second kappa shape index (κ2) is 4.26. The molecule has 0 fully saturated rings. The molecule has 6 nitrogen and oxygen atoms in total. The van der Waals surface area contributed by atoms with Crippen LogP contribution in [0.3, 0.4) is 0 Å². The summed E-state index contributed by atoms with van der Waals surface area (Å²) in [7, 11) is 0. The first kappa shape index (κ1) is 10.7. The van der Waals surface area contributed by atoms with Crippen molar-refractivity contribution in [3.8, 4) is 0 Å². The molecule has 0 aromatic heterocycles. The predicted molar refractivity (Wildman–Crippen MR) is 50.3 cm³/mol. The summed E-state index contributed by atoms with van der Waals surface area (Å²) in [5.74, 6) is -0.840. The summed E-state index contributed by atoms with van der Waals surface area (Å²) in [6, 6.07) is 3.87. The van der Waals surface area contributed by atoms with Gasteiger partial charge in [0.05, 0.1) is 4.92 Å². The van der Waals surface area contributed by atoms with Crippen LogP contribution >= 0.6 is 0 Å². The third-order valence-electron chi connectivity index (χ3n) is 1.80. The fourth-order valence-corrected chi connectivity index (χ4v) is 1.05. The SMILES string of the molecule is Cc1ccc(C(=O)N=C=O)cc1[N+](=O)[O-]. The van der Waals surface area contributed by atoms with E-state index in [9.17, 15) is 19.7 Å². The number of aliphatic imine (C=N–C) groups is 1. The Morgan fingerprint density at radius 3 is 2.73 bits per heavy atom. The van der Waals surface area contributed by atoms with Gasteiger partial charge in [0.2, 0.25) is 6.08 Å². The number of carbonyl (C=O) groups excluding carboxylic acids is 2. The average Bonchev–Trinajstić information content (AvgIpc) is 2.18. The second-order valence-corrected chi connectivity index (χ2v) is 2.77. The standard InChI is InChI=1S/C9H6N2O4/c1-6-2-3-7(9(13)10-5-12)4-8(6)11(14)15/h2-4H,1H3. The van der Waals surface area contributed by atoms with Gasteiger partial charge in [-0.25, -0.2) is 4.79 Å². The van der Waals surface area contributed by atoms with Crippen LogP contribution in [0.4, 0.5) is 5.69 Å². The maximum Gasteiger partial charge on any atom is 0.287 e. The quantitative estimate of drug-likeness (QED) is 0.316. The first-order valence-electron chi connectivity index (χ1n) is 3.93. The van der Waals surface area contributed by atoms with E-state index in [1.165, 1.54) is 12.1 Å². The molecule has 0 saturated heterocycles.